The first-order chi connectivity index (χ1) is 13.0. The Balaban J connectivity index is 1.84. The molecule has 2 aliphatic heterocycles. The van der Waals surface area contributed by atoms with E-state index in [-0.39, 0.29) is 18.2 Å². The molecule has 0 atom stereocenters. The summed E-state index contributed by atoms with van der Waals surface area (Å²) in [6.45, 7) is 5.35. The zero-order valence-corrected chi connectivity index (χ0v) is 15.9. The zero-order chi connectivity index (χ0) is 19.0. The van der Waals surface area contributed by atoms with Crippen LogP contribution in [0.25, 0.3) is 11.1 Å². The number of phenolic OH excluding ortho intramolecular Hbond substituents is 1. The van der Waals surface area contributed by atoms with Crippen LogP contribution in [0.1, 0.15) is 5.56 Å². The number of amides is 1. The van der Waals surface area contributed by atoms with Crippen LogP contribution in [0.4, 0.5) is 11.4 Å². The van der Waals surface area contributed by atoms with E-state index in [4.69, 9.17) is 17.0 Å². The first kappa shape index (κ1) is 17.8. The largest absolute Gasteiger partial charge is 0.508 e. The number of aromatic hydroxyl groups is 1. The Labute approximate surface area is 163 Å². The standard InChI is InChI=1S/C20H21N3O3S/c1-13-10-15(23-12-18(25)21-20(23)27)11-17(14-2-4-16(24)5-3-14)19(13)22-6-8-26-9-7-22/h2-5,10-11,24H,6-9,12H2,1H3,(H,21,25,27). The normalized spacial score (nSPS) is 17.4. The monoisotopic (exact) mass is 383 g/mol. The summed E-state index contributed by atoms with van der Waals surface area (Å²) in [5, 5.41) is 12.8. The van der Waals surface area contributed by atoms with Gasteiger partial charge in [0.2, 0.25) is 5.91 Å². The van der Waals surface area contributed by atoms with Crippen LogP contribution in [-0.2, 0) is 9.53 Å². The number of nitrogens with one attached hydrogen (secondary N) is 1. The zero-order valence-electron chi connectivity index (χ0n) is 15.1. The summed E-state index contributed by atoms with van der Waals surface area (Å²) in [4.78, 5) is 15.9. The highest BCUT2D eigenvalue weighted by molar-refractivity contribution is 7.80. The maximum absolute atomic E-state index is 11.7. The van der Waals surface area contributed by atoms with Gasteiger partial charge in [0.15, 0.2) is 5.11 Å². The lowest BCUT2D eigenvalue weighted by molar-refractivity contribution is -0.117. The number of benzene rings is 2. The average molecular weight is 383 g/mol. The van der Waals surface area contributed by atoms with Gasteiger partial charge in [0.25, 0.3) is 0 Å². The molecule has 2 aromatic carbocycles. The van der Waals surface area contributed by atoms with E-state index in [2.05, 4.69) is 29.3 Å². The van der Waals surface area contributed by atoms with Gasteiger partial charge in [0.1, 0.15) is 12.3 Å². The molecule has 2 fully saturated rings. The van der Waals surface area contributed by atoms with Gasteiger partial charge in [-0.25, -0.2) is 0 Å². The van der Waals surface area contributed by atoms with Crippen molar-refractivity contribution in [3.05, 3.63) is 42.0 Å². The summed E-state index contributed by atoms with van der Waals surface area (Å²) in [6, 6.07) is 11.3. The number of aryl methyl sites for hydroxylation is 1. The predicted octanol–water partition coefficient (Wildman–Crippen LogP) is 2.43. The molecule has 27 heavy (non-hydrogen) atoms. The average Bonchev–Trinajstić information content (AvgIpc) is 3.00. The fraction of sp³-hybridized carbons (Fsp3) is 0.300. The van der Waals surface area contributed by atoms with E-state index < -0.39 is 0 Å². The van der Waals surface area contributed by atoms with Gasteiger partial charge in [-0.1, -0.05) is 12.1 Å². The van der Waals surface area contributed by atoms with Crippen LogP contribution >= 0.6 is 12.2 Å². The highest BCUT2D eigenvalue weighted by atomic mass is 32.1. The minimum atomic E-state index is -0.0962. The first-order valence-corrected chi connectivity index (χ1v) is 9.32. The molecule has 0 radical (unpaired) electrons. The Morgan fingerprint density at radius 2 is 1.85 bits per heavy atom. The molecule has 2 saturated heterocycles. The molecule has 0 aliphatic carbocycles. The molecule has 1 amide bonds. The van der Waals surface area contributed by atoms with E-state index >= 15 is 0 Å². The van der Waals surface area contributed by atoms with E-state index in [1.165, 1.54) is 0 Å². The third-order valence-electron chi connectivity index (χ3n) is 4.90. The highest BCUT2D eigenvalue weighted by Gasteiger charge is 2.27. The Hall–Kier alpha value is -2.64. The molecule has 0 saturated carbocycles. The van der Waals surface area contributed by atoms with Crippen molar-refractivity contribution >= 4 is 34.6 Å². The van der Waals surface area contributed by atoms with Crippen LogP contribution in [0, 0.1) is 6.92 Å². The van der Waals surface area contributed by atoms with E-state index in [1.807, 2.05) is 17.0 Å². The second-order valence-corrected chi connectivity index (χ2v) is 7.13. The Morgan fingerprint density at radius 3 is 2.48 bits per heavy atom. The summed E-state index contributed by atoms with van der Waals surface area (Å²) in [5.41, 5.74) is 5.20. The van der Waals surface area contributed by atoms with E-state index in [0.717, 1.165) is 41.2 Å². The molecular weight excluding hydrogens is 362 g/mol. The molecular formula is C20H21N3O3S. The number of carbonyl (C=O) groups is 1. The number of anilines is 2. The summed E-state index contributed by atoms with van der Waals surface area (Å²) >= 11 is 5.31. The summed E-state index contributed by atoms with van der Waals surface area (Å²) < 4.78 is 5.51. The molecule has 0 spiro atoms. The Morgan fingerprint density at radius 1 is 1.15 bits per heavy atom. The minimum Gasteiger partial charge on any atom is -0.508 e. The number of hydrogen-bond donors (Lipinski definition) is 2. The van der Waals surface area contributed by atoms with Crippen molar-refractivity contribution < 1.29 is 14.6 Å². The van der Waals surface area contributed by atoms with E-state index in [9.17, 15) is 9.90 Å². The summed E-state index contributed by atoms with van der Waals surface area (Å²) in [5.74, 6) is 0.135. The van der Waals surface area contributed by atoms with Crippen LogP contribution in [0.3, 0.4) is 0 Å². The molecule has 2 N–H and O–H groups in total. The van der Waals surface area contributed by atoms with Gasteiger partial charge >= 0.3 is 0 Å². The maximum atomic E-state index is 11.7. The van der Waals surface area contributed by atoms with Crippen molar-refractivity contribution in [1.29, 1.82) is 0 Å². The van der Waals surface area contributed by atoms with Gasteiger partial charge in [0, 0.05) is 30.0 Å². The Kier molecular flexibility index (Phi) is 4.72. The SMILES string of the molecule is Cc1cc(N2CC(=O)NC2=S)cc(-c2ccc(O)cc2)c1N1CCOCC1. The van der Waals surface area contributed by atoms with Crippen LogP contribution in [0.15, 0.2) is 36.4 Å². The van der Waals surface area contributed by atoms with Crippen LogP contribution in [0.2, 0.25) is 0 Å². The minimum absolute atomic E-state index is 0.0962. The molecule has 2 aromatic rings. The van der Waals surface area contributed by atoms with Crippen LogP contribution < -0.4 is 15.1 Å². The molecule has 6 nitrogen and oxygen atoms in total. The fourth-order valence-corrected chi connectivity index (χ4v) is 3.92. The number of phenols is 1. The molecule has 0 aromatic heterocycles. The first-order valence-electron chi connectivity index (χ1n) is 8.91. The molecule has 2 heterocycles. The number of ether oxygens (including phenoxy) is 1. The molecule has 140 valence electrons. The van der Waals surface area contributed by atoms with Crippen molar-refractivity contribution in [3.8, 4) is 16.9 Å². The highest BCUT2D eigenvalue weighted by Crippen LogP contribution is 2.39. The van der Waals surface area contributed by atoms with Gasteiger partial charge in [-0.3, -0.25) is 4.79 Å². The molecule has 4 rings (SSSR count). The summed E-state index contributed by atoms with van der Waals surface area (Å²) in [6.07, 6.45) is 0. The third kappa shape index (κ3) is 3.48. The molecule has 0 bridgehead atoms. The van der Waals surface area contributed by atoms with Crippen molar-refractivity contribution in [2.75, 3.05) is 42.6 Å². The maximum Gasteiger partial charge on any atom is 0.246 e. The lowest BCUT2D eigenvalue weighted by Crippen LogP contribution is -2.37. The quantitative estimate of drug-likeness (QED) is 0.794. The van der Waals surface area contributed by atoms with Crippen molar-refractivity contribution in [2.24, 2.45) is 0 Å². The second-order valence-electron chi connectivity index (χ2n) is 6.74. The molecule has 0 unspecified atom stereocenters. The van der Waals surface area contributed by atoms with Crippen molar-refractivity contribution in [2.45, 2.75) is 6.92 Å². The second kappa shape index (κ2) is 7.17. The van der Waals surface area contributed by atoms with Gasteiger partial charge in [-0.05, 0) is 54.5 Å². The van der Waals surface area contributed by atoms with Crippen LogP contribution in [-0.4, -0.2) is 49.0 Å². The van der Waals surface area contributed by atoms with Gasteiger partial charge in [-0.15, -0.1) is 0 Å². The number of carbonyl (C=O) groups excluding carboxylic acids is 1. The lowest BCUT2D eigenvalue weighted by Gasteiger charge is -2.33. The number of morpholine rings is 1. The fourth-order valence-electron chi connectivity index (χ4n) is 3.63. The number of hydrogen-bond acceptors (Lipinski definition) is 5. The van der Waals surface area contributed by atoms with Crippen molar-refractivity contribution in [3.63, 3.8) is 0 Å². The number of thiocarbonyl (C=S) groups is 1. The van der Waals surface area contributed by atoms with Gasteiger partial charge < -0.3 is 25.0 Å². The van der Waals surface area contributed by atoms with E-state index in [1.54, 1.807) is 12.1 Å². The third-order valence-corrected chi connectivity index (χ3v) is 5.22. The van der Waals surface area contributed by atoms with Gasteiger partial charge in [-0.2, -0.15) is 0 Å². The topological polar surface area (TPSA) is 65.0 Å². The summed E-state index contributed by atoms with van der Waals surface area (Å²) in [7, 11) is 0. The van der Waals surface area contributed by atoms with Crippen molar-refractivity contribution in [1.82, 2.24) is 5.32 Å². The molecule has 2 aliphatic rings. The number of rotatable bonds is 3. The van der Waals surface area contributed by atoms with Crippen LogP contribution in [0.5, 0.6) is 5.75 Å². The smallest absolute Gasteiger partial charge is 0.246 e. The lowest BCUT2D eigenvalue weighted by atomic mass is 9.97. The number of nitrogens with zero attached hydrogens (tertiary/aromatic N) is 2. The van der Waals surface area contributed by atoms with Gasteiger partial charge in [0.05, 0.1) is 13.2 Å². The Bertz CT molecular complexity index is 892. The predicted molar refractivity (Wildman–Crippen MR) is 109 cm³/mol. The van der Waals surface area contributed by atoms with E-state index in [0.29, 0.717) is 18.3 Å². The molecule has 7 heteroatoms.